The van der Waals surface area contributed by atoms with Crippen LogP contribution in [0.3, 0.4) is 0 Å². The van der Waals surface area contributed by atoms with E-state index in [0.717, 1.165) is 5.56 Å². The highest BCUT2D eigenvalue weighted by atomic mass is 79.9. The van der Waals surface area contributed by atoms with E-state index in [0.29, 0.717) is 34.7 Å². The summed E-state index contributed by atoms with van der Waals surface area (Å²) in [6.07, 6.45) is 1.41. The van der Waals surface area contributed by atoms with Gasteiger partial charge in [0.05, 0.1) is 12.3 Å². The van der Waals surface area contributed by atoms with Gasteiger partial charge < -0.3 is 14.8 Å². The average molecular weight is 509 g/mol. The zero-order valence-electron chi connectivity index (χ0n) is 18.2. The molecular formula is C26H22BrFN2O3. The van der Waals surface area contributed by atoms with Crippen molar-refractivity contribution in [2.24, 2.45) is 0 Å². The number of benzene rings is 3. The third-order valence-corrected chi connectivity index (χ3v) is 5.35. The van der Waals surface area contributed by atoms with Crippen molar-refractivity contribution in [1.29, 1.82) is 5.26 Å². The molecule has 5 nitrogen and oxygen atoms in total. The summed E-state index contributed by atoms with van der Waals surface area (Å²) in [7, 11) is 0. The fourth-order valence-electron chi connectivity index (χ4n) is 2.94. The molecule has 0 aliphatic heterocycles. The minimum atomic E-state index is -0.716. The molecule has 0 aliphatic carbocycles. The number of carbonyl (C=O) groups is 1. The van der Waals surface area contributed by atoms with Crippen LogP contribution < -0.4 is 14.8 Å². The number of rotatable bonds is 8. The van der Waals surface area contributed by atoms with Crippen LogP contribution in [0.2, 0.25) is 0 Å². The van der Waals surface area contributed by atoms with Gasteiger partial charge in [-0.15, -0.1) is 0 Å². The molecule has 0 radical (unpaired) electrons. The minimum Gasteiger partial charge on any atom is -0.490 e. The van der Waals surface area contributed by atoms with Crippen LogP contribution in [0.4, 0.5) is 10.1 Å². The lowest BCUT2D eigenvalue weighted by Crippen LogP contribution is -2.14. The molecule has 0 aliphatic rings. The highest BCUT2D eigenvalue weighted by molar-refractivity contribution is 9.10. The fourth-order valence-corrected chi connectivity index (χ4v) is 3.38. The Labute approximate surface area is 200 Å². The zero-order valence-corrected chi connectivity index (χ0v) is 19.8. The van der Waals surface area contributed by atoms with Crippen LogP contribution in [0.15, 0.2) is 70.7 Å². The molecule has 0 saturated carbocycles. The molecule has 0 spiro atoms. The predicted molar refractivity (Wildman–Crippen MR) is 129 cm³/mol. The summed E-state index contributed by atoms with van der Waals surface area (Å²) in [5.74, 6) is -0.299. The van der Waals surface area contributed by atoms with Gasteiger partial charge in [0.1, 0.15) is 24.1 Å². The molecule has 3 aromatic carbocycles. The molecule has 0 unspecified atom stereocenters. The van der Waals surface area contributed by atoms with E-state index in [9.17, 15) is 14.4 Å². The van der Waals surface area contributed by atoms with E-state index in [2.05, 4.69) is 21.2 Å². The molecule has 0 saturated heterocycles. The number of nitrogens with one attached hydrogen (secondary N) is 1. The number of carbonyl (C=O) groups excluding carboxylic acids is 1. The molecule has 0 heterocycles. The maximum atomic E-state index is 13.9. The topological polar surface area (TPSA) is 71.3 Å². The zero-order chi connectivity index (χ0) is 23.8. The first-order valence-electron chi connectivity index (χ1n) is 10.2. The first-order valence-corrected chi connectivity index (χ1v) is 11.0. The summed E-state index contributed by atoms with van der Waals surface area (Å²) in [6, 6.07) is 19.1. The van der Waals surface area contributed by atoms with Crippen LogP contribution in [0, 0.1) is 24.1 Å². The van der Waals surface area contributed by atoms with Crippen molar-refractivity contribution in [3.63, 3.8) is 0 Å². The molecule has 33 heavy (non-hydrogen) atoms. The number of para-hydroxylation sites is 1. The lowest BCUT2D eigenvalue weighted by Gasteiger charge is -2.14. The second kappa shape index (κ2) is 11.3. The maximum absolute atomic E-state index is 13.9. The van der Waals surface area contributed by atoms with E-state index in [4.69, 9.17) is 9.47 Å². The van der Waals surface area contributed by atoms with Gasteiger partial charge in [0.2, 0.25) is 0 Å². The largest absolute Gasteiger partial charge is 0.490 e. The summed E-state index contributed by atoms with van der Waals surface area (Å²) in [5, 5.41) is 11.9. The fraction of sp³-hybridized carbons (Fsp3) is 0.154. The van der Waals surface area contributed by atoms with Crippen LogP contribution in [0.5, 0.6) is 11.5 Å². The van der Waals surface area contributed by atoms with Gasteiger partial charge in [-0.05, 0) is 55.3 Å². The Balaban J connectivity index is 1.85. The van der Waals surface area contributed by atoms with Crippen molar-refractivity contribution in [2.75, 3.05) is 11.9 Å². The number of aryl methyl sites for hydroxylation is 1. The van der Waals surface area contributed by atoms with Crippen molar-refractivity contribution in [3.8, 4) is 17.6 Å². The average Bonchev–Trinajstić information content (AvgIpc) is 2.80. The van der Waals surface area contributed by atoms with Gasteiger partial charge in [0, 0.05) is 4.47 Å². The maximum Gasteiger partial charge on any atom is 0.266 e. The number of nitriles is 1. The Kier molecular flexibility index (Phi) is 8.22. The van der Waals surface area contributed by atoms with Gasteiger partial charge >= 0.3 is 0 Å². The molecule has 7 heteroatoms. The molecule has 0 bridgehead atoms. The van der Waals surface area contributed by atoms with Gasteiger partial charge in [-0.3, -0.25) is 4.79 Å². The molecule has 168 valence electrons. The van der Waals surface area contributed by atoms with Crippen molar-refractivity contribution < 1.29 is 18.7 Å². The molecule has 3 aromatic rings. The SMILES string of the molecule is CCOc1cc(/C=C(/C#N)C(=O)Nc2ccccc2F)c(Br)cc1OCc1ccc(C)cc1. The standard InChI is InChI=1S/C26H22BrFN2O3/c1-3-32-24-13-19(12-20(15-29)26(31)30-23-7-5-4-6-22(23)28)21(27)14-25(24)33-16-18-10-8-17(2)9-11-18/h4-14H,3,16H2,1-2H3,(H,30,31)/b20-12-. The van der Waals surface area contributed by atoms with Crippen molar-refractivity contribution in [3.05, 3.63) is 93.2 Å². The quantitative estimate of drug-likeness (QED) is 0.281. The van der Waals surface area contributed by atoms with Gasteiger partial charge in [-0.1, -0.05) is 57.9 Å². The second-order valence-corrected chi connectivity index (χ2v) is 7.99. The molecule has 0 atom stereocenters. The highest BCUT2D eigenvalue weighted by Crippen LogP contribution is 2.35. The number of halogens is 2. The van der Waals surface area contributed by atoms with Crippen molar-refractivity contribution in [2.45, 2.75) is 20.5 Å². The summed E-state index contributed by atoms with van der Waals surface area (Å²) < 4.78 is 26.1. The number of hydrogen-bond acceptors (Lipinski definition) is 4. The Morgan fingerprint density at radius 1 is 1.12 bits per heavy atom. The normalized spacial score (nSPS) is 10.9. The minimum absolute atomic E-state index is 0.00225. The molecule has 3 rings (SSSR count). The Morgan fingerprint density at radius 2 is 1.82 bits per heavy atom. The molecular weight excluding hydrogens is 487 g/mol. The summed E-state index contributed by atoms with van der Waals surface area (Å²) in [6.45, 7) is 4.64. The van der Waals surface area contributed by atoms with E-state index in [1.165, 1.54) is 29.8 Å². The summed E-state index contributed by atoms with van der Waals surface area (Å²) in [5.41, 5.74) is 2.54. The number of amides is 1. The Bertz CT molecular complexity index is 1220. The van der Waals surface area contributed by atoms with Crippen LogP contribution in [0.1, 0.15) is 23.6 Å². The summed E-state index contributed by atoms with van der Waals surface area (Å²) in [4.78, 5) is 12.5. The van der Waals surface area contributed by atoms with Crippen LogP contribution in [-0.4, -0.2) is 12.5 Å². The second-order valence-electron chi connectivity index (χ2n) is 7.13. The van der Waals surface area contributed by atoms with Crippen LogP contribution in [-0.2, 0) is 11.4 Å². The lowest BCUT2D eigenvalue weighted by atomic mass is 10.1. The molecule has 1 N–H and O–H groups in total. The van der Waals surface area contributed by atoms with Crippen LogP contribution in [0.25, 0.3) is 6.08 Å². The van der Waals surface area contributed by atoms with E-state index in [1.54, 1.807) is 18.2 Å². The van der Waals surface area contributed by atoms with E-state index in [1.807, 2.05) is 44.2 Å². The van der Waals surface area contributed by atoms with Gasteiger partial charge in [0.15, 0.2) is 11.5 Å². The smallest absolute Gasteiger partial charge is 0.266 e. The summed E-state index contributed by atoms with van der Waals surface area (Å²) >= 11 is 3.47. The first-order chi connectivity index (χ1) is 15.9. The molecule has 1 amide bonds. The first kappa shape index (κ1) is 24.0. The highest BCUT2D eigenvalue weighted by Gasteiger charge is 2.15. The number of ether oxygens (including phenoxy) is 2. The van der Waals surface area contributed by atoms with Gasteiger partial charge in [-0.2, -0.15) is 5.26 Å². The lowest BCUT2D eigenvalue weighted by molar-refractivity contribution is -0.112. The number of nitrogens with zero attached hydrogens (tertiary/aromatic N) is 1. The monoisotopic (exact) mass is 508 g/mol. The number of hydrogen-bond donors (Lipinski definition) is 1. The Morgan fingerprint density at radius 3 is 2.48 bits per heavy atom. The van der Waals surface area contributed by atoms with Crippen LogP contribution >= 0.6 is 15.9 Å². The third-order valence-electron chi connectivity index (χ3n) is 4.66. The van der Waals surface area contributed by atoms with Gasteiger partial charge in [-0.25, -0.2) is 4.39 Å². The van der Waals surface area contributed by atoms with E-state index >= 15 is 0 Å². The number of anilines is 1. The van der Waals surface area contributed by atoms with Crippen molar-refractivity contribution >= 4 is 33.6 Å². The third kappa shape index (κ3) is 6.43. The predicted octanol–water partition coefficient (Wildman–Crippen LogP) is 6.42. The van der Waals surface area contributed by atoms with Gasteiger partial charge in [0.25, 0.3) is 5.91 Å². The molecule has 0 fully saturated rings. The van der Waals surface area contributed by atoms with Crippen molar-refractivity contribution in [1.82, 2.24) is 0 Å². The van der Waals surface area contributed by atoms with E-state index < -0.39 is 11.7 Å². The molecule has 0 aromatic heterocycles. The van der Waals surface area contributed by atoms with E-state index in [-0.39, 0.29) is 11.3 Å². The Hall–Kier alpha value is -3.63.